The highest BCUT2D eigenvalue weighted by Crippen LogP contribution is 2.48. The monoisotopic (exact) mass is 378 g/mol. The number of likely N-dealkylation sites (tertiary alicyclic amines) is 1. The van der Waals surface area contributed by atoms with Gasteiger partial charge in [0.05, 0.1) is 5.52 Å². The molecule has 1 N–H and O–H groups in total. The van der Waals surface area contributed by atoms with Crippen molar-refractivity contribution in [3.8, 4) is 5.75 Å². The number of nitrogens with zero attached hydrogens (tertiary/aromatic N) is 2. The molecule has 5 rings (SSSR count). The third-order valence-corrected chi connectivity index (χ3v) is 6.81. The lowest BCUT2D eigenvalue weighted by Crippen LogP contribution is -2.53. The number of rotatable bonds is 1. The molecule has 3 nitrogen and oxygen atoms in total. The van der Waals surface area contributed by atoms with Crippen LogP contribution in [-0.2, 0) is 18.3 Å². The Hall–Kier alpha value is -2.10. The van der Waals surface area contributed by atoms with E-state index in [2.05, 4.69) is 30.1 Å². The van der Waals surface area contributed by atoms with Crippen LogP contribution in [0.15, 0.2) is 48.5 Å². The smallest absolute Gasteiger partial charge is 0.115 e. The quantitative estimate of drug-likeness (QED) is 0.673. The highest BCUT2D eigenvalue weighted by Gasteiger charge is 2.47. The van der Waals surface area contributed by atoms with Gasteiger partial charge in [-0.15, -0.1) is 0 Å². The normalized spacial score (nSPS) is 25.2. The molecule has 2 atom stereocenters. The van der Waals surface area contributed by atoms with E-state index in [1.165, 1.54) is 16.8 Å². The molecule has 0 amide bonds. The van der Waals surface area contributed by atoms with Crippen LogP contribution in [0, 0.1) is 5.92 Å². The van der Waals surface area contributed by atoms with E-state index in [0.717, 1.165) is 48.3 Å². The second-order valence-corrected chi connectivity index (χ2v) is 8.66. The Bertz CT molecular complexity index is 1030. The molecule has 2 aliphatic rings. The lowest BCUT2D eigenvalue weighted by molar-refractivity contribution is 0.0987. The van der Waals surface area contributed by atoms with Crippen molar-refractivity contribution < 1.29 is 5.11 Å². The number of pyridine rings is 1. The van der Waals surface area contributed by atoms with Crippen molar-refractivity contribution in [1.29, 1.82) is 0 Å². The Morgan fingerprint density at radius 3 is 2.93 bits per heavy atom. The number of halogens is 1. The maximum absolute atomic E-state index is 10.1. The van der Waals surface area contributed by atoms with Crippen LogP contribution in [0.2, 0.25) is 5.02 Å². The molecule has 1 fully saturated rings. The minimum Gasteiger partial charge on any atom is -0.508 e. The average molecular weight is 379 g/mol. The van der Waals surface area contributed by atoms with Gasteiger partial charge in [-0.05, 0) is 73.8 Å². The van der Waals surface area contributed by atoms with Gasteiger partial charge in [-0.2, -0.15) is 0 Å². The summed E-state index contributed by atoms with van der Waals surface area (Å²) >= 11 is 6.20. The van der Waals surface area contributed by atoms with Gasteiger partial charge in [0, 0.05) is 34.5 Å². The van der Waals surface area contributed by atoms with Gasteiger partial charge in [0.2, 0.25) is 0 Å². The lowest BCUT2D eigenvalue weighted by Gasteiger charge is -2.50. The number of hydrogen-bond acceptors (Lipinski definition) is 3. The van der Waals surface area contributed by atoms with E-state index in [1.54, 1.807) is 6.07 Å². The zero-order valence-corrected chi connectivity index (χ0v) is 16.2. The van der Waals surface area contributed by atoms with Crippen molar-refractivity contribution in [2.45, 2.75) is 24.7 Å². The maximum atomic E-state index is 10.1. The Kier molecular flexibility index (Phi) is 3.92. The molecule has 1 aromatic heterocycles. The summed E-state index contributed by atoms with van der Waals surface area (Å²) in [7, 11) is 2.21. The first-order chi connectivity index (χ1) is 13.0. The van der Waals surface area contributed by atoms with Gasteiger partial charge >= 0.3 is 0 Å². The molecular formula is C23H23ClN2O. The number of hydrogen-bond donors (Lipinski definition) is 1. The second kappa shape index (κ2) is 6.22. The average Bonchev–Trinajstić information content (AvgIpc) is 2.65. The predicted molar refractivity (Wildman–Crippen MR) is 110 cm³/mol. The SMILES string of the molecule is CN1CC[C@@]2(c3cccc(O)c3)Cc3nc4cc(Cl)ccc4cc3C[C@H]2C1. The second-order valence-electron chi connectivity index (χ2n) is 8.23. The molecule has 2 aromatic carbocycles. The fraction of sp³-hybridized carbons (Fsp3) is 0.348. The van der Waals surface area contributed by atoms with E-state index < -0.39 is 0 Å². The summed E-state index contributed by atoms with van der Waals surface area (Å²) in [5.41, 5.74) is 4.81. The first-order valence-corrected chi connectivity index (χ1v) is 9.97. The summed E-state index contributed by atoms with van der Waals surface area (Å²) in [4.78, 5) is 7.45. The topological polar surface area (TPSA) is 36.4 Å². The number of aromatic hydroxyl groups is 1. The Labute approximate surface area is 164 Å². The molecule has 0 saturated carbocycles. The molecule has 4 heteroatoms. The molecule has 0 bridgehead atoms. The highest BCUT2D eigenvalue weighted by molar-refractivity contribution is 6.31. The van der Waals surface area contributed by atoms with Crippen molar-refractivity contribution in [2.75, 3.05) is 20.1 Å². The summed E-state index contributed by atoms with van der Waals surface area (Å²) in [5.74, 6) is 0.876. The van der Waals surface area contributed by atoms with Crippen molar-refractivity contribution in [1.82, 2.24) is 9.88 Å². The Balaban J connectivity index is 1.66. The van der Waals surface area contributed by atoms with Crippen LogP contribution in [-0.4, -0.2) is 35.1 Å². The third kappa shape index (κ3) is 2.81. The van der Waals surface area contributed by atoms with Crippen LogP contribution in [0.5, 0.6) is 5.75 Å². The number of aromatic nitrogens is 1. The van der Waals surface area contributed by atoms with Crippen molar-refractivity contribution >= 4 is 22.5 Å². The molecule has 0 spiro atoms. The Morgan fingerprint density at radius 1 is 1.19 bits per heavy atom. The van der Waals surface area contributed by atoms with Gasteiger partial charge in [-0.1, -0.05) is 29.8 Å². The van der Waals surface area contributed by atoms with E-state index in [-0.39, 0.29) is 5.41 Å². The van der Waals surface area contributed by atoms with Crippen molar-refractivity contribution in [2.24, 2.45) is 5.92 Å². The van der Waals surface area contributed by atoms with E-state index >= 15 is 0 Å². The standard InChI is InChI=1S/C23H23ClN2O/c1-26-8-7-23(17-3-2-4-20(27)11-17)13-22-16(10-18(23)14-26)9-15-5-6-19(24)12-21(15)25-22/h2-6,9,11-12,18,27H,7-8,10,13-14H2,1H3/t18-,23-/m0/s1. The van der Waals surface area contributed by atoms with Gasteiger partial charge in [-0.3, -0.25) is 4.98 Å². The number of piperidine rings is 1. The zero-order valence-electron chi connectivity index (χ0n) is 15.5. The summed E-state index contributed by atoms with van der Waals surface area (Å²) in [6.45, 7) is 2.15. The van der Waals surface area contributed by atoms with E-state index in [1.807, 2.05) is 24.3 Å². The van der Waals surface area contributed by atoms with Gasteiger partial charge in [0.25, 0.3) is 0 Å². The first kappa shape index (κ1) is 17.0. The summed E-state index contributed by atoms with van der Waals surface area (Å²) in [6, 6.07) is 16.1. The number of benzene rings is 2. The fourth-order valence-electron chi connectivity index (χ4n) is 5.15. The van der Waals surface area contributed by atoms with Gasteiger partial charge in [0.1, 0.15) is 5.75 Å². The molecule has 0 radical (unpaired) electrons. The molecule has 138 valence electrons. The summed E-state index contributed by atoms with van der Waals surface area (Å²) < 4.78 is 0. The highest BCUT2D eigenvalue weighted by atomic mass is 35.5. The zero-order chi connectivity index (χ0) is 18.6. The number of phenols is 1. The van der Waals surface area contributed by atoms with Crippen LogP contribution >= 0.6 is 11.6 Å². The molecule has 1 aliphatic heterocycles. The summed E-state index contributed by atoms with van der Waals surface area (Å²) in [5, 5.41) is 12.0. The molecule has 27 heavy (non-hydrogen) atoms. The minimum atomic E-state index is 0.0392. The van der Waals surface area contributed by atoms with Gasteiger partial charge in [-0.25, -0.2) is 0 Å². The minimum absolute atomic E-state index is 0.0392. The van der Waals surface area contributed by atoms with Crippen LogP contribution in [0.1, 0.15) is 23.2 Å². The fourth-order valence-corrected chi connectivity index (χ4v) is 5.31. The molecule has 0 unspecified atom stereocenters. The van der Waals surface area contributed by atoms with E-state index in [4.69, 9.17) is 16.6 Å². The molecule has 2 heterocycles. The maximum Gasteiger partial charge on any atom is 0.115 e. The first-order valence-electron chi connectivity index (χ1n) is 9.60. The molecule has 1 saturated heterocycles. The van der Waals surface area contributed by atoms with E-state index in [0.29, 0.717) is 11.7 Å². The lowest BCUT2D eigenvalue weighted by atomic mass is 9.58. The molecule has 3 aromatic rings. The molecular weight excluding hydrogens is 356 g/mol. The van der Waals surface area contributed by atoms with Crippen LogP contribution in [0.4, 0.5) is 0 Å². The van der Waals surface area contributed by atoms with Crippen molar-refractivity contribution in [3.05, 3.63) is 70.4 Å². The largest absolute Gasteiger partial charge is 0.508 e. The summed E-state index contributed by atoms with van der Waals surface area (Å²) in [6.07, 6.45) is 3.04. The molecule has 1 aliphatic carbocycles. The van der Waals surface area contributed by atoms with Crippen LogP contribution < -0.4 is 0 Å². The Morgan fingerprint density at radius 2 is 2.07 bits per heavy atom. The van der Waals surface area contributed by atoms with Crippen LogP contribution in [0.3, 0.4) is 0 Å². The van der Waals surface area contributed by atoms with Gasteiger partial charge in [0.15, 0.2) is 0 Å². The predicted octanol–water partition coefficient (Wildman–Crippen LogP) is 4.58. The van der Waals surface area contributed by atoms with E-state index in [9.17, 15) is 5.11 Å². The number of phenolic OH excluding ortho intramolecular Hbond substituents is 1. The number of fused-ring (bicyclic) bond motifs is 3. The van der Waals surface area contributed by atoms with Crippen molar-refractivity contribution in [3.63, 3.8) is 0 Å². The van der Waals surface area contributed by atoms with Gasteiger partial charge < -0.3 is 10.0 Å². The van der Waals surface area contributed by atoms with Crippen LogP contribution in [0.25, 0.3) is 10.9 Å². The third-order valence-electron chi connectivity index (χ3n) is 6.57.